The van der Waals surface area contributed by atoms with Crippen molar-refractivity contribution in [2.75, 3.05) is 0 Å². The van der Waals surface area contributed by atoms with Gasteiger partial charge in [0, 0.05) is 5.56 Å². The van der Waals surface area contributed by atoms with E-state index in [0.717, 1.165) is 17.0 Å². The maximum absolute atomic E-state index is 12.5. The Morgan fingerprint density at radius 1 is 0.960 bits per heavy atom. The maximum atomic E-state index is 12.5. The van der Waals surface area contributed by atoms with Crippen LogP contribution in [0.4, 0.5) is 0 Å². The van der Waals surface area contributed by atoms with Gasteiger partial charge in [-0.3, -0.25) is 0 Å². The summed E-state index contributed by atoms with van der Waals surface area (Å²) in [6.07, 6.45) is 0. The first kappa shape index (κ1) is 16.6. The van der Waals surface area contributed by atoms with Gasteiger partial charge in [0.15, 0.2) is 0 Å². The maximum Gasteiger partial charge on any atom is 0.344 e. The lowest BCUT2D eigenvalue weighted by molar-refractivity contribution is 0.0716. The first-order valence-corrected chi connectivity index (χ1v) is 7.87. The number of rotatable bonds is 3. The van der Waals surface area contributed by atoms with Crippen molar-refractivity contribution in [2.45, 2.75) is 20.8 Å². The molecule has 6 nitrogen and oxygen atoms in total. The average molecular weight is 334 g/mol. The van der Waals surface area contributed by atoms with E-state index in [9.17, 15) is 4.79 Å². The van der Waals surface area contributed by atoms with Gasteiger partial charge in [0.25, 0.3) is 0 Å². The second-order valence-corrected chi connectivity index (χ2v) is 5.68. The molecule has 1 aromatic heterocycles. The lowest BCUT2D eigenvalue weighted by atomic mass is 10.1. The predicted octanol–water partition coefficient (Wildman–Crippen LogP) is 3.27. The van der Waals surface area contributed by atoms with Gasteiger partial charge in [0.1, 0.15) is 0 Å². The van der Waals surface area contributed by atoms with Crippen molar-refractivity contribution < 1.29 is 9.53 Å². The Balaban J connectivity index is 1.96. The van der Waals surface area contributed by atoms with E-state index >= 15 is 0 Å². The van der Waals surface area contributed by atoms with Crippen molar-refractivity contribution in [2.24, 2.45) is 5.10 Å². The van der Waals surface area contributed by atoms with Gasteiger partial charge >= 0.3 is 5.97 Å². The fourth-order valence-electron chi connectivity index (χ4n) is 2.13. The second-order valence-electron chi connectivity index (χ2n) is 5.68. The summed E-state index contributed by atoms with van der Waals surface area (Å²) in [7, 11) is 0. The zero-order valence-electron chi connectivity index (χ0n) is 14.3. The van der Waals surface area contributed by atoms with Gasteiger partial charge in [-0.1, -0.05) is 35.9 Å². The molecule has 0 aliphatic carbocycles. The van der Waals surface area contributed by atoms with Crippen molar-refractivity contribution in [3.05, 3.63) is 82.7 Å². The van der Waals surface area contributed by atoms with Gasteiger partial charge in [-0.25, -0.2) is 4.79 Å². The number of ether oxygens (including phenoxy) is 1. The molecule has 0 atom stereocenters. The van der Waals surface area contributed by atoms with E-state index in [1.54, 1.807) is 12.1 Å². The van der Waals surface area contributed by atoms with Crippen LogP contribution in [0.15, 0.2) is 59.7 Å². The molecule has 0 spiro atoms. The molecule has 25 heavy (non-hydrogen) atoms. The fraction of sp³-hybridized carbons (Fsp3) is 0.158. The van der Waals surface area contributed by atoms with E-state index in [1.807, 2.05) is 63.2 Å². The zero-order valence-corrected chi connectivity index (χ0v) is 14.3. The lowest BCUT2D eigenvalue weighted by Crippen LogP contribution is -2.16. The van der Waals surface area contributed by atoms with Crippen LogP contribution in [-0.4, -0.2) is 27.0 Å². The number of aromatic nitrogens is 3. The molecule has 0 N–H and O–H groups in total. The number of hydrogen-bond acceptors (Lipinski definition) is 5. The first-order valence-electron chi connectivity index (χ1n) is 7.87. The monoisotopic (exact) mass is 334 g/mol. The van der Waals surface area contributed by atoms with Crippen LogP contribution >= 0.6 is 0 Å². The highest BCUT2D eigenvalue weighted by Gasteiger charge is 2.15. The summed E-state index contributed by atoms with van der Waals surface area (Å²) in [6, 6.07) is 16.4. The molecule has 2 aromatic carbocycles. The normalized spacial score (nSPS) is 11.4. The molecule has 0 amide bonds. The van der Waals surface area contributed by atoms with Crippen LogP contribution in [0.25, 0.3) is 0 Å². The Kier molecular flexibility index (Phi) is 4.70. The van der Waals surface area contributed by atoms with E-state index in [-0.39, 0.29) is 5.90 Å². The molecule has 6 heteroatoms. The number of hydrogen-bond donors (Lipinski definition) is 0. The van der Waals surface area contributed by atoms with E-state index in [4.69, 9.17) is 4.74 Å². The number of esters is 1. The van der Waals surface area contributed by atoms with Crippen molar-refractivity contribution in [1.82, 2.24) is 15.1 Å². The van der Waals surface area contributed by atoms with Gasteiger partial charge < -0.3 is 4.74 Å². The molecule has 0 aliphatic rings. The third-order valence-electron chi connectivity index (χ3n) is 3.79. The van der Waals surface area contributed by atoms with Crippen LogP contribution in [0, 0.1) is 20.8 Å². The molecular formula is C19H18N4O2. The fourth-order valence-corrected chi connectivity index (χ4v) is 2.13. The molecule has 3 rings (SSSR count). The standard InChI is InChI=1S/C19H18N4O2/c1-13-9-11-17(12-10-13)19(24)25-18(16-7-5-4-6-8-16)21-23-15(3)14(2)20-22-23/h4-12H,1-3H3/b21-18+. The third-order valence-corrected chi connectivity index (χ3v) is 3.79. The molecule has 3 aromatic rings. The molecule has 126 valence electrons. The zero-order chi connectivity index (χ0) is 17.8. The molecule has 1 heterocycles. The van der Waals surface area contributed by atoms with Crippen LogP contribution in [0.3, 0.4) is 0 Å². The topological polar surface area (TPSA) is 69.4 Å². The number of benzene rings is 2. The molecule has 0 saturated heterocycles. The Morgan fingerprint density at radius 2 is 1.64 bits per heavy atom. The highest BCUT2D eigenvalue weighted by molar-refractivity contribution is 6.05. The van der Waals surface area contributed by atoms with Crippen LogP contribution < -0.4 is 0 Å². The SMILES string of the molecule is Cc1ccc(C(=O)O/C(=N/n2nnc(C)c2C)c2ccccc2)cc1. The molecule has 0 saturated carbocycles. The van der Waals surface area contributed by atoms with Crippen LogP contribution in [-0.2, 0) is 4.74 Å². The van der Waals surface area contributed by atoms with Crippen molar-refractivity contribution in [3.8, 4) is 0 Å². The summed E-state index contributed by atoms with van der Waals surface area (Å²) in [4.78, 5) is 13.8. The Labute approximate surface area is 145 Å². The van der Waals surface area contributed by atoms with Gasteiger partial charge in [-0.15, -0.1) is 15.0 Å². The van der Waals surface area contributed by atoms with Crippen molar-refractivity contribution in [3.63, 3.8) is 0 Å². The summed E-state index contributed by atoms with van der Waals surface area (Å²) < 4.78 is 5.55. The molecule has 0 bridgehead atoms. The van der Waals surface area contributed by atoms with E-state index < -0.39 is 5.97 Å². The van der Waals surface area contributed by atoms with Crippen molar-refractivity contribution in [1.29, 1.82) is 0 Å². The quantitative estimate of drug-likeness (QED) is 0.419. The summed E-state index contributed by atoms with van der Waals surface area (Å²) in [6.45, 7) is 5.65. The molecule has 0 unspecified atom stereocenters. The Hall–Kier alpha value is -3.28. The summed E-state index contributed by atoms with van der Waals surface area (Å²) in [5, 5.41) is 12.3. The van der Waals surface area contributed by atoms with E-state index in [1.165, 1.54) is 4.79 Å². The van der Waals surface area contributed by atoms with Gasteiger partial charge in [-0.2, -0.15) is 0 Å². The van der Waals surface area contributed by atoms with Crippen LogP contribution in [0.2, 0.25) is 0 Å². The predicted molar refractivity (Wildman–Crippen MR) is 94.5 cm³/mol. The molecule has 0 aliphatic heterocycles. The minimum Gasteiger partial charge on any atom is -0.402 e. The van der Waals surface area contributed by atoms with Crippen LogP contribution in [0.5, 0.6) is 0 Å². The highest BCUT2D eigenvalue weighted by Crippen LogP contribution is 2.10. The summed E-state index contributed by atoms with van der Waals surface area (Å²) >= 11 is 0. The molecule has 0 radical (unpaired) electrons. The number of nitrogens with zero attached hydrogens (tertiary/aromatic N) is 4. The lowest BCUT2D eigenvalue weighted by Gasteiger charge is -2.08. The summed E-state index contributed by atoms with van der Waals surface area (Å²) in [5.74, 6) is -0.309. The van der Waals surface area contributed by atoms with Gasteiger partial charge in [0.2, 0.25) is 5.90 Å². The molecular weight excluding hydrogens is 316 g/mol. The van der Waals surface area contributed by atoms with E-state index in [0.29, 0.717) is 11.1 Å². The third kappa shape index (κ3) is 3.80. The van der Waals surface area contributed by atoms with Gasteiger partial charge in [0.05, 0.1) is 17.0 Å². The molecule has 0 fully saturated rings. The number of aryl methyl sites for hydroxylation is 2. The second kappa shape index (κ2) is 7.09. The van der Waals surface area contributed by atoms with Gasteiger partial charge in [-0.05, 0) is 50.3 Å². The summed E-state index contributed by atoms with van der Waals surface area (Å²) in [5.41, 5.74) is 3.75. The highest BCUT2D eigenvalue weighted by atomic mass is 16.5. The Morgan fingerprint density at radius 3 is 2.24 bits per heavy atom. The first-order chi connectivity index (χ1) is 12.0. The van der Waals surface area contributed by atoms with Crippen molar-refractivity contribution >= 4 is 11.9 Å². The average Bonchev–Trinajstić information content (AvgIpc) is 2.94. The smallest absolute Gasteiger partial charge is 0.344 e. The Bertz CT molecular complexity index is 912. The minimum atomic E-state index is -0.475. The number of carbonyl (C=O) groups is 1. The largest absolute Gasteiger partial charge is 0.402 e. The van der Waals surface area contributed by atoms with E-state index in [2.05, 4.69) is 15.4 Å². The number of carbonyl (C=O) groups excluding carboxylic acids is 1. The minimum absolute atomic E-state index is 0.166. The van der Waals surface area contributed by atoms with Crippen LogP contribution in [0.1, 0.15) is 32.9 Å².